The van der Waals surface area contributed by atoms with Crippen molar-refractivity contribution in [3.8, 4) is 0 Å². The maximum absolute atomic E-state index is 14.3. The van der Waals surface area contributed by atoms with E-state index in [0.29, 0.717) is 36.4 Å². The minimum atomic E-state index is -1.16. The molecule has 2 bridgehead atoms. The minimum absolute atomic E-state index is 0.0521. The van der Waals surface area contributed by atoms with Crippen LogP contribution in [0.5, 0.6) is 0 Å². The van der Waals surface area contributed by atoms with Crippen LogP contribution in [0.4, 0.5) is 5.69 Å². The van der Waals surface area contributed by atoms with Crippen LogP contribution in [0.3, 0.4) is 0 Å². The van der Waals surface area contributed by atoms with E-state index < -0.39 is 29.6 Å². The van der Waals surface area contributed by atoms with Gasteiger partial charge in [0.05, 0.1) is 17.9 Å². The van der Waals surface area contributed by atoms with E-state index in [-0.39, 0.29) is 23.8 Å². The van der Waals surface area contributed by atoms with Crippen LogP contribution in [0.2, 0.25) is 0 Å². The van der Waals surface area contributed by atoms with Gasteiger partial charge in [0.25, 0.3) is 0 Å². The Morgan fingerprint density at radius 1 is 1.02 bits per heavy atom. The summed E-state index contributed by atoms with van der Waals surface area (Å²) < 4.78 is 6.55. The Morgan fingerprint density at radius 3 is 2.44 bits per heavy atom. The Labute approximate surface area is 255 Å². The predicted octanol–water partition coefficient (Wildman–Crippen LogP) is 5.39. The Hall–Kier alpha value is -3.45. The van der Waals surface area contributed by atoms with Crippen LogP contribution in [0, 0.1) is 30.6 Å². The van der Waals surface area contributed by atoms with E-state index >= 15 is 0 Å². The molecule has 3 heterocycles. The van der Waals surface area contributed by atoms with Crippen molar-refractivity contribution in [2.75, 3.05) is 11.9 Å². The minimum Gasteiger partial charge on any atom is -0.359 e. The number of amides is 3. The highest BCUT2D eigenvalue weighted by molar-refractivity contribution is 6.02. The van der Waals surface area contributed by atoms with Crippen molar-refractivity contribution in [3.05, 3.63) is 77.4 Å². The molecular weight excluding hydrogens is 538 g/mol. The zero-order valence-corrected chi connectivity index (χ0v) is 26.0. The number of nitrogens with zero attached hydrogens (tertiary/aromatic N) is 1. The van der Waals surface area contributed by atoms with Crippen molar-refractivity contribution in [1.29, 1.82) is 0 Å². The highest BCUT2D eigenvalue weighted by Crippen LogP contribution is 2.55. The third kappa shape index (κ3) is 5.30. The van der Waals surface area contributed by atoms with Crippen molar-refractivity contribution in [2.24, 2.45) is 23.7 Å². The van der Waals surface area contributed by atoms with Gasteiger partial charge in [0.2, 0.25) is 17.7 Å². The molecule has 7 nitrogen and oxygen atoms in total. The van der Waals surface area contributed by atoms with Crippen LogP contribution in [-0.4, -0.2) is 53.0 Å². The first-order chi connectivity index (χ1) is 20.6. The second-order valence-corrected chi connectivity index (χ2v) is 13.6. The number of fused-ring (bicyclic) bond motifs is 1. The SMILES string of the molecule is Cc1ccc(CCN2C(=O)C3C(C(=O)Nc4ccc(C(C)C)cc4)C4C=CC3(O4)C2C(=O)NC2CCCC(C)C2C)cc1. The zero-order chi connectivity index (χ0) is 30.5. The van der Waals surface area contributed by atoms with Gasteiger partial charge in [-0.15, -0.1) is 0 Å². The molecule has 6 rings (SSSR count). The van der Waals surface area contributed by atoms with E-state index in [1.807, 2.05) is 43.3 Å². The van der Waals surface area contributed by atoms with E-state index in [1.165, 1.54) is 11.1 Å². The van der Waals surface area contributed by atoms with Gasteiger partial charge in [0.15, 0.2) is 0 Å². The molecule has 1 saturated carbocycles. The molecule has 3 fully saturated rings. The van der Waals surface area contributed by atoms with E-state index in [2.05, 4.69) is 62.6 Å². The van der Waals surface area contributed by atoms with Gasteiger partial charge in [-0.2, -0.15) is 0 Å². The highest BCUT2D eigenvalue weighted by Gasteiger charge is 2.72. The Bertz CT molecular complexity index is 1400. The average Bonchev–Trinajstić information content (AvgIpc) is 3.62. The number of carbonyl (C=O) groups excluding carboxylic acids is 3. The van der Waals surface area contributed by atoms with Gasteiger partial charge in [0, 0.05) is 18.3 Å². The molecule has 1 spiro atoms. The number of anilines is 1. The molecule has 7 heteroatoms. The fourth-order valence-electron chi connectivity index (χ4n) is 7.74. The summed E-state index contributed by atoms with van der Waals surface area (Å²) in [6.07, 6.45) is 7.00. The van der Waals surface area contributed by atoms with Crippen LogP contribution in [0.1, 0.15) is 69.6 Å². The van der Waals surface area contributed by atoms with Crippen molar-refractivity contribution in [1.82, 2.24) is 10.2 Å². The van der Waals surface area contributed by atoms with Crippen molar-refractivity contribution in [3.63, 3.8) is 0 Å². The van der Waals surface area contributed by atoms with Gasteiger partial charge in [-0.1, -0.05) is 94.7 Å². The number of nitrogens with one attached hydrogen (secondary N) is 2. The van der Waals surface area contributed by atoms with Crippen LogP contribution in [0.25, 0.3) is 0 Å². The van der Waals surface area contributed by atoms with E-state index in [9.17, 15) is 14.4 Å². The maximum atomic E-state index is 14.3. The van der Waals surface area contributed by atoms with Gasteiger partial charge >= 0.3 is 0 Å². The predicted molar refractivity (Wildman–Crippen MR) is 167 cm³/mol. The Kier molecular flexibility index (Phi) is 7.97. The van der Waals surface area contributed by atoms with Crippen LogP contribution >= 0.6 is 0 Å². The number of hydrogen-bond donors (Lipinski definition) is 2. The number of hydrogen-bond acceptors (Lipinski definition) is 4. The first-order valence-electron chi connectivity index (χ1n) is 16.0. The normalized spacial score (nSPS) is 32.7. The molecular formula is C36H45N3O4. The van der Waals surface area contributed by atoms with Gasteiger partial charge < -0.3 is 20.3 Å². The summed E-state index contributed by atoms with van der Waals surface area (Å²) in [5.41, 5.74) is 2.99. The lowest BCUT2D eigenvalue weighted by Crippen LogP contribution is -2.58. The largest absolute Gasteiger partial charge is 0.359 e. The highest BCUT2D eigenvalue weighted by atomic mass is 16.5. The first kappa shape index (κ1) is 29.6. The summed E-state index contributed by atoms with van der Waals surface area (Å²) in [7, 11) is 0. The van der Waals surface area contributed by atoms with Gasteiger partial charge in [-0.25, -0.2) is 0 Å². The molecule has 2 saturated heterocycles. The molecule has 2 aromatic carbocycles. The zero-order valence-electron chi connectivity index (χ0n) is 26.0. The summed E-state index contributed by atoms with van der Waals surface area (Å²) in [5, 5.41) is 6.38. The lowest BCUT2D eigenvalue weighted by Gasteiger charge is -2.38. The summed E-state index contributed by atoms with van der Waals surface area (Å²) >= 11 is 0. The third-order valence-electron chi connectivity index (χ3n) is 10.6. The summed E-state index contributed by atoms with van der Waals surface area (Å²) in [5.74, 6) is -0.819. The molecule has 2 aromatic rings. The van der Waals surface area contributed by atoms with Crippen LogP contribution in [0.15, 0.2) is 60.7 Å². The second-order valence-electron chi connectivity index (χ2n) is 13.6. The van der Waals surface area contributed by atoms with Gasteiger partial charge in [-0.3, -0.25) is 14.4 Å². The summed E-state index contributed by atoms with van der Waals surface area (Å²) in [4.78, 5) is 44.0. The lowest BCUT2D eigenvalue weighted by atomic mass is 9.73. The molecule has 0 radical (unpaired) electrons. The number of rotatable bonds is 8. The third-order valence-corrected chi connectivity index (χ3v) is 10.6. The van der Waals surface area contributed by atoms with Crippen molar-refractivity contribution < 1.29 is 19.1 Å². The molecule has 2 N–H and O–H groups in total. The molecule has 8 unspecified atom stereocenters. The van der Waals surface area contributed by atoms with Crippen molar-refractivity contribution in [2.45, 2.75) is 90.0 Å². The fourth-order valence-corrected chi connectivity index (χ4v) is 7.74. The van der Waals surface area contributed by atoms with Crippen LogP contribution < -0.4 is 10.6 Å². The number of likely N-dealkylation sites (tertiary alicyclic amines) is 1. The van der Waals surface area contributed by atoms with Crippen LogP contribution in [-0.2, 0) is 25.5 Å². The molecule has 0 aromatic heterocycles. The van der Waals surface area contributed by atoms with Gasteiger partial charge in [-0.05, 0) is 60.8 Å². The number of carbonyl (C=O) groups is 3. The topological polar surface area (TPSA) is 87.7 Å². The average molecular weight is 584 g/mol. The summed E-state index contributed by atoms with van der Waals surface area (Å²) in [6, 6.07) is 15.3. The Balaban J connectivity index is 1.28. The lowest BCUT2D eigenvalue weighted by molar-refractivity contribution is -0.141. The standard InChI is InChI=1S/C36H45N3O4/c1-21(2)26-13-15-27(16-14-26)37-33(40)30-29-17-19-36(43-29)31(30)35(42)39(20-18-25-11-9-22(3)10-12-25)32(36)34(41)38-28-8-6-7-23(4)24(28)5/h9-17,19,21,23-24,28-32H,6-8,18,20H2,1-5H3,(H,37,40)(H,38,41). The maximum Gasteiger partial charge on any atom is 0.246 e. The number of ether oxygens (including phenoxy) is 1. The Morgan fingerprint density at radius 2 is 1.74 bits per heavy atom. The number of benzene rings is 2. The number of aryl methyl sites for hydroxylation is 1. The quantitative estimate of drug-likeness (QED) is 0.408. The van der Waals surface area contributed by atoms with E-state index in [0.717, 1.165) is 24.8 Å². The molecule has 43 heavy (non-hydrogen) atoms. The molecule has 228 valence electrons. The second kappa shape index (κ2) is 11.6. The van der Waals surface area contributed by atoms with E-state index in [1.54, 1.807) is 4.90 Å². The first-order valence-corrected chi connectivity index (χ1v) is 16.0. The summed E-state index contributed by atoms with van der Waals surface area (Å²) in [6.45, 7) is 11.1. The van der Waals surface area contributed by atoms with E-state index in [4.69, 9.17) is 4.74 Å². The monoisotopic (exact) mass is 583 g/mol. The molecule has 4 aliphatic rings. The smallest absolute Gasteiger partial charge is 0.246 e. The van der Waals surface area contributed by atoms with Gasteiger partial charge in [0.1, 0.15) is 11.6 Å². The fraction of sp³-hybridized carbons (Fsp3) is 0.528. The molecule has 1 aliphatic carbocycles. The molecule has 8 atom stereocenters. The van der Waals surface area contributed by atoms with Crippen molar-refractivity contribution >= 4 is 23.4 Å². The molecule has 3 aliphatic heterocycles. The molecule has 3 amide bonds.